The first-order valence-electron chi connectivity index (χ1n) is 6.69. The third-order valence-corrected chi connectivity index (χ3v) is 4.09. The molecule has 2 atom stereocenters. The van der Waals surface area contributed by atoms with Crippen LogP contribution in [0.2, 0.25) is 0 Å². The van der Waals surface area contributed by atoms with E-state index in [2.05, 4.69) is 5.32 Å². The van der Waals surface area contributed by atoms with Gasteiger partial charge in [-0.3, -0.25) is 4.79 Å². The zero-order valence-corrected chi connectivity index (χ0v) is 11.8. The molecule has 0 spiro atoms. The van der Waals surface area contributed by atoms with E-state index in [9.17, 15) is 14.7 Å². The molecule has 0 radical (unpaired) electrons. The summed E-state index contributed by atoms with van der Waals surface area (Å²) in [5.74, 6) is -0.849. The Balaban J connectivity index is 1.95. The van der Waals surface area contributed by atoms with Crippen molar-refractivity contribution in [3.05, 3.63) is 24.2 Å². The van der Waals surface area contributed by atoms with Crippen LogP contribution in [0.15, 0.2) is 23.0 Å². The van der Waals surface area contributed by atoms with Gasteiger partial charge < -0.3 is 19.7 Å². The molecule has 0 aliphatic heterocycles. The molecule has 2 rings (SSSR count). The van der Waals surface area contributed by atoms with E-state index in [1.165, 1.54) is 4.90 Å². The van der Waals surface area contributed by atoms with Gasteiger partial charge in [-0.1, -0.05) is 6.42 Å². The quantitative estimate of drug-likeness (QED) is 0.884. The van der Waals surface area contributed by atoms with Crippen molar-refractivity contribution in [1.29, 1.82) is 0 Å². The molecule has 2 N–H and O–H groups in total. The maximum atomic E-state index is 12.1. The van der Waals surface area contributed by atoms with Crippen LogP contribution in [0.4, 0.5) is 4.79 Å². The average molecular weight is 280 g/mol. The lowest BCUT2D eigenvalue weighted by atomic mass is 9.85. The predicted octanol–water partition coefficient (Wildman–Crippen LogP) is 2.06. The molecule has 1 aliphatic carbocycles. The number of carbonyl (C=O) groups is 2. The van der Waals surface area contributed by atoms with E-state index in [0.29, 0.717) is 19.4 Å². The van der Waals surface area contributed by atoms with Crippen LogP contribution in [0.1, 0.15) is 31.7 Å². The van der Waals surface area contributed by atoms with Crippen molar-refractivity contribution in [2.75, 3.05) is 7.05 Å². The smallest absolute Gasteiger partial charge is 0.317 e. The molecule has 1 aliphatic rings. The predicted molar refractivity (Wildman–Crippen MR) is 72.1 cm³/mol. The van der Waals surface area contributed by atoms with E-state index in [4.69, 9.17) is 4.42 Å². The number of hydrogen-bond donors (Lipinski definition) is 2. The molecule has 1 fully saturated rings. The molecule has 2 amide bonds. The van der Waals surface area contributed by atoms with Crippen molar-refractivity contribution in [2.45, 2.75) is 38.8 Å². The molecule has 1 heterocycles. The highest BCUT2D eigenvalue weighted by Crippen LogP contribution is 2.38. The topological polar surface area (TPSA) is 82.8 Å². The van der Waals surface area contributed by atoms with Gasteiger partial charge in [0.2, 0.25) is 0 Å². The van der Waals surface area contributed by atoms with E-state index >= 15 is 0 Å². The Morgan fingerprint density at radius 3 is 2.95 bits per heavy atom. The Hall–Kier alpha value is -1.98. The zero-order chi connectivity index (χ0) is 14.8. The number of rotatable bonds is 4. The SMILES string of the molecule is CN(Cc1ccoc1)C(=O)NC1CCCC1(C)C(=O)O. The van der Waals surface area contributed by atoms with Gasteiger partial charge >= 0.3 is 12.0 Å². The second kappa shape index (κ2) is 5.56. The summed E-state index contributed by atoms with van der Waals surface area (Å²) in [4.78, 5) is 25.0. The van der Waals surface area contributed by atoms with Gasteiger partial charge in [0.25, 0.3) is 0 Å². The summed E-state index contributed by atoms with van der Waals surface area (Å²) >= 11 is 0. The normalized spacial score (nSPS) is 25.4. The van der Waals surface area contributed by atoms with E-state index in [-0.39, 0.29) is 12.1 Å². The van der Waals surface area contributed by atoms with Gasteiger partial charge in [-0.05, 0) is 25.8 Å². The highest BCUT2D eigenvalue weighted by atomic mass is 16.4. The first kappa shape index (κ1) is 14.4. The molecule has 0 bridgehead atoms. The summed E-state index contributed by atoms with van der Waals surface area (Å²) in [6.07, 6.45) is 5.26. The van der Waals surface area contributed by atoms with Crippen molar-refractivity contribution in [3.8, 4) is 0 Å². The van der Waals surface area contributed by atoms with Gasteiger partial charge in [-0.2, -0.15) is 0 Å². The molecule has 0 aromatic carbocycles. The first-order valence-corrected chi connectivity index (χ1v) is 6.69. The van der Waals surface area contributed by atoms with Gasteiger partial charge in [0, 0.05) is 18.7 Å². The monoisotopic (exact) mass is 280 g/mol. The summed E-state index contributed by atoms with van der Waals surface area (Å²) in [5, 5.41) is 12.2. The molecule has 20 heavy (non-hydrogen) atoms. The van der Waals surface area contributed by atoms with Crippen LogP contribution in [0.5, 0.6) is 0 Å². The Morgan fingerprint density at radius 1 is 1.60 bits per heavy atom. The third-order valence-electron chi connectivity index (χ3n) is 4.09. The van der Waals surface area contributed by atoms with Gasteiger partial charge in [0.15, 0.2) is 0 Å². The number of carboxylic acid groups (broad SMARTS) is 1. The largest absolute Gasteiger partial charge is 0.481 e. The number of urea groups is 1. The second-order valence-corrected chi connectivity index (χ2v) is 5.60. The number of furan rings is 1. The number of hydrogen-bond acceptors (Lipinski definition) is 3. The van der Waals surface area contributed by atoms with E-state index in [1.54, 1.807) is 32.6 Å². The first-order chi connectivity index (χ1) is 9.43. The fourth-order valence-electron chi connectivity index (χ4n) is 2.64. The van der Waals surface area contributed by atoms with Gasteiger partial charge in [-0.15, -0.1) is 0 Å². The minimum atomic E-state index is -0.869. The highest BCUT2D eigenvalue weighted by molar-refractivity contribution is 5.79. The van der Waals surface area contributed by atoms with E-state index < -0.39 is 11.4 Å². The van der Waals surface area contributed by atoms with Crippen LogP contribution in [0.25, 0.3) is 0 Å². The van der Waals surface area contributed by atoms with Crippen molar-refractivity contribution in [3.63, 3.8) is 0 Å². The Labute approximate surface area is 117 Å². The second-order valence-electron chi connectivity index (χ2n) is 5.60. The molecule has 2 unspecified atom stereocenters. The zero-order valence-electron chi connectivity index (χ0n) is 11.8. The molecule has 110 valence electrons. The molecule has 6 nitrogen and oxygen atoms in total. The number of amides is 2. The lowest BCUT2D eigenvalue weighted by Crippen LogP contribution is -2.50. The van der Waals surface area contributed by atoms with E-state index in [0.717, 1.165) is 12.0 Å². The summed E-state index contributed by atoms with van der Waals surface area (Å²) < 4.78 is 4.96. The number of carbonyl (C=O) groups excluding carboxylic acids is 1. The molecular weight excluding hydrogens is 260 g/mol. The lowest BCUT2D eigenvalue weighted by molar-refractivity contribution is -0.148. The Morgan fingerprint density at radius 2 is 2.35 bits per heavy atom. The number of nitrogens with one attached hydrogen (secondary N) is 1. The molecule has 1 saturated carbocycles. The van der Waals surface area contributed by atoms with Crippen molar-refractivity contribution >= 4 is 12.0 Å². The van der Waals surface area contributed by atoms with Crippen molar-refractivity contribution in [2.24, 2.45) is 5.41 Å². The lowest BCUT2D eigenvalue weighted by Gasteiger charge is -2.29. The van der Waals surface area contributed by atoms with Crippen LogP contribution >= 0.6 is 0 Å². The van der Waals surface area contributed by atoms with Crippen LogP contribution in [-0.4, -0.2) is 35.1 Å². The third kappa shape index (κ3) is 2.79. The van der Waals surface area contributed by atoms with Crippen molar-refractivity contribution < 1.29 is 19.1 Å². The Bertz CT molecular complexity index is 485. The number of aliphatic carboxylic acids is 1. The van der Waals surface area contributed by atoms with Gasteiger partial charge in [-0.25, -0.2) is 4.79 Å². The summed E-state index contributed by atoms with van der Waals surface area (Å²) in [6, 6.07) is 1.21. The minimum Gasteiger partial charge on any atom is -0.481 e. The molecule has 6 heteroatoms. The highest BCUT2D eigenvalue weighted by Gasteiger charge is 2.46. The molecule has 1 aromatic heterocycles. The standard InChI is InChI=1S/C14H20N2O4/c1-14(12(17)18)6-3-4-11(14)15-13(19)16(2)8-10-5-7-20-9-10/h5,7,9,11H,3-4,6,8H2,1-2H3,(H,15,19)(H,17,18). The van der Waals surface area contributed by atoms with E-state index in [1.807, 2.05) is 0 Å². The summed E-state index contributed by atoms with van der Waals surface area (Å²) in [5.41, 5.74) is 0.0293. The maximum absolute atomic E-state index is 12.1. The van der Waals surface area contributed by atoms with Crippen LogP contribution < -0.4 is 5.32 Å². The minimum absolute atomic E-state index is 0.259. The molecule has 0 saturated heterocycles. The summed E-state index contributed by atoms with van der Waals surface area (Å²) in [6.45, 7) is 2.13. The number of carboxylic acids is 1. The fraction of sp³-hybridized carbons (Fsp3) is 0.571. The van der Waals surface area contributed by atoms with Gasteiger partial charge in [0.05, 0.1) is 24.5 Å². The average Bonchev–Trinajstić information content (AvgIpc) is 3.01. The summed E-state index contributed by atoms with van der Waals surface area (Å²) in [7, 11) is 1.68. The number of nitrogens with zero attached hydrogens (tertiary/aromatic N) is 1. The van der Waals surface area contributed by atoms with Crippen LogP contribution in [0.3, 0.4) is 0 Å². The maximum Gasteiger partial charge on any atom is 0.317 e. The fourth-order valence-corrected chi connectivity index (χ4v) is 2.64. The van der Waals surface area contributed by atoms with Crippen LogP contribution in [0, 0.1) is 5.41 Å². The molecule has 1 aromatic rings. The molecular formula is C14H20N2O4. The Kier molecular flexibility index (Phi) is 4.01. The van der Waals surface area contributed by atoms with Gasteiger partial charge in [0.1, 0.15) is 0 Å². The van der Waals surface area contributed by atoms with Crippen molar-refractivity contribution in [1.82, 2.24) is 10.2 Å². The van der Waals surface area contributed by atoms with Crippen LogP contribution in [-0.2, 0) is 11.3 Å².